The zero-order valence-corrected chi connectivity index (χ0v) is 23.1. The highest BCUT2D eigenvalue weighted by atomic mass is 32.2. The fraction of sp³-hybridized carbons (Fsp3) is 0.444. The molecule has 0 aliphatic carbocycles. The molecule has 0 saturated carbocycles. The van der Waals surface area contributed by atoms with Crippen molar-refractivity contribution in [2.24, 2.45) is 0 Å². The monoisotopic (exact) mass is 517 g/mol. The van der Waals surface area contributed by atoms with Gasteiger partial charge < -0.3 is 10.0 Å². The zero-order valence-electron chi connectivity index (χ0n) is 21.5. The quantitative estimate of drug-likeness (QED) is 0.504. The lowest BCUT2D eigenvalue weighted by Crippen LogP contribution is -2.29. The SMILES string of the molecule is Cc1ccc(S(=O)(=O)OCCN2C(=O)CSC2=Cc2cc(C(C)(C)C)c(O)c(C(C)(C)C)c2)cc1. The average molecular weight is 518 g/mol. The van der Waals surface area contributed by atoms with Crippen LogP contribution in [-0.2, 0) is 29.9 Å². The van der Waals surface area contributed by atoms with Gasteiger partial charge in [0.1, 0.15) is 5.75 Å². The van der Waals surface area contributed by atoms with Crippen molar-refractivity contribution >= 4 is 33.9 Å². The molecule has 0 bridgehead atoms. The number of phenolic OH excluding ortho intramolecular Hbond substituents is 1. The Hall–Kier alpha value is -2.29. The molecule has 0 spiro atoms. The third-order valence-electron chi connectivity index (χ3n) is 5.81. The fourth-order valence-electron chi connectivity index (χ4n) is 3.81. The number of carbonyl (C=O) groups excluding carboxylic acids is 1. The first-order valence-electron chi connectivity index (χ1n) is 11.6. The fourth-order valence-corrected chi connectivity index (χ4v) is 5.70. The molecule has 6 nitrogen and oxygen atoms in total. The number of aromatic hydroxyl groups is 1. The lowest BCUT2D eigenvalue weighted by Gasteiger charge is -2.28. The van der Waals surface area contributed by atoms with Crippen LogP contribution in [0.25, 0.3) is 6.08 Å². The Morgan fingerprint density at radius 1 is 1.03 bits per heavy atom. The first-order chi connectivity index (χ1) is 16.1. The van der Waals surface area contributed by atoms with E-state index in [1.165, 1.54) is 23.9 Å². The van der Waals surface area contributed by atoms with Crippen molar-refractivity contribution in [1.29, 1.82) is 0 Å². The van der Waals surface area contributed by atoms with Crippen molar-refractivity contribution < 1.29 is 22.5 Å². The number of rotatable bonds is 6. The van der Waals surface area contributed by atoms with E-state index >= 15 is 0 Å². The Morgan fingerprint density at radius 3 is 2.09 bits per heavy atom. The van der Waals surface area contributed by atoms with Crippen LogP contribution in [0.3, 0.4) is 0 Å². The highest BCUT2D eigenvalue weighted by molar-refractivity contribution is 8.04. The Labute approximate surface area is 213 Å². The molecular formula is C27H35NO5S2. The van der Waals surface area contributed by atoms with Crippen LogP contribution in [0.2, 0.25) is 0 Å². The number of benzene rings is 2. The molecule has 0 atom stereocenters. The van der Waals surface area contributed by atoms with Crippen LogP contribution in [0.4, 0.5) is 0 Å². The molecule has 1 aliphatic heterocycles. The molecular weight excluding hydrogens is 482 g/mol. The predicted octanol–water partition coefficient (Wildman–Crippen LogP) is 5.57. The van der Waals surface area contributed by atoms with Crippen LogP contribution >= 0.6 is 11.8 Å². The molecule has 190 valence electrons. The van der Waals surface area contributed by atoms with E-state index in [1.807, 2.05) is 25.1 Å². The maximum atomic E-state index is 12.6. The number of carbonyl (C=O) groups is 1. The van der Waals surface area contributed by atoms with Crippen molar-refractivity contribution in [2.75, 3.05) is 18.9 Å². The molecule has 1 aliphatic rings. The predicted molar refractivity (Wildman–Crippen MR) is 142 cm³/mol. The van der Waals surface area contributed by atoms with E-state index in [2.05, 4.69) is 41.5 Å². The first kappa shape index (κ1) is 27.3. The second-order valence-corrected chi connectivity index (χ2v) is 13.5. The van der Waals surface area contributed by atoms with Crippen molar-refractivity contribution in [3.63, 3.8) is 0 Å². The summed E-state index contributed by atoms with van der Waals surface area (Å²) in [6.07, 6.45) is 1.92. The maximum Gasteiger partial charge on any atom is 0.297 e. The third-order valence-corrected chi connectivity index (χ3v) is 8.16. The van der Waals surface area contributed by atoms with Crippen LogP contribution in [0.1, 0.15) is 63.8 Å². The number of nitrogens with zero attached hydrogens (tertiary/aromatic N) is 1. The summed E-state index contributed by atoms with van der Waals surface area (Å²) in [7, 11) is -3.90. The number of phenols is 1. The Bertz CT molecular complexity index is 1200. The number of hydrogen-bond donors (Lipinski definition) is 1. The van der Waals surface area contributed by atoms with Gasteiger partial charge in [-0.05, 0) is 53.7 Å². The summed E-state index contributed by atoms with van der Waals surface area (Å²) < 4.78 is 30.2. The van der Waals surface area contributed by atoms with E-state index in [4.69, 9.17) is 4.18 Å². The molecule has 2 aromatic rings. The van der Waals surface area contributed by atoms with Gasteiger partial charge in [0.05, 0.1) is 28.8 Å². The van der Waals surface area contributed by atoms with Crippen molar-refractivity contribution in [3.8, 4) is 5.75 Å². The number of aryl methyl sites for hydroxylation is 1. The van der Waals surface area contributed by atoms with E-state index < -0.39 is 10.1 Å². The molecule has 1 heterocycles. The molecule has 0 unspecified atom stereocenters. The summed E-state index contributed by atoms with van der Waals surface area (Å²) in [5.41, 5.74) is 2.98. The van der Waals surface area contributed by atoms with E-state index in [-0.39, 0.29) is 40.5 Å². The van der Waals surface area contributed by atoms with Gasteiger partial charge in [0.25, 0.3) is 10.1 Å². The molecule has 1 amide bonds. The minimum absolute atomic E-state index is 0.0921. The van der Waals surface area contributed by atoms with Crippen LogP contribution < -0.4 is 0 Å². The Kier molecular flexibility index (Phi) is 7.79. The van der Waals surface area contributed by atoms with Gasteiger partial charge in [0.15, 0.2) is 0 Å². The lowest BCUT2D eigenvalue weighted by molar-refractivity contribution is -0.125. The van der Waals surface area contributed by atoms with Crippen molar-refractivity contribution in [3.05, 3.63) is 63.7 Å². The van der Waals surface area contributed by atoms with Crippen LogP contribution in [0.15, 0.2) is 46.3 Å². The summed E-state index contributed by atoms with van der Waals surface area (Å²) in [5.74, 6) is 0.490. The first-order valence-corrected chi connectivity index (χ1v) is 14.0. The van der Waals surface area contributed by atoms with E-state index in [1.54, 1.807) is 17.0 Å². The van der Waals surface area contributed by atoms with Gasteiger partial charge in [-0.15, -0.1) is 0 Å². The van der Waals surface area contributed by atoms with E-state index in [0.29, 0.717) is 5.75 Å². The molecule has 0 aromatic heterocycles. The minimum atomic E-state index is -3.90. The average Bonchev–Trinajstić information content (AvgIpc) is 3.07. The molecule has 35 heavy (non-hydrogen) atoms. The molecule has 0 radical (unpaired) electrons. The largest absolute Gasteiger partial charge is 0.507 e. The molecule has 1 fully saturated rings. The highest BCUT2D eigenvalue weighted by Crippen LogP contribution is 2.41. The van der Waals surface area contributed by atoms with Crippen LogP contribution in [-0.4, -0.2) is 43.2 Å². The number of thioether (sulfide) groups is 1. The maximum absolute atomic E-state index is 12.6. The number of amides is 1. The van der Waals surface area contributed by atoms with Gasteiger partial charge in [-0.2, -0.15) is 8.42 Å². The minimum Gasteiger partial charge on any atom is -0.507 e. The molecule has 1 saturated heterocycles. The van der Waals surface area contributed by atoms with Gasteiger partial charge in [-0.25, -0.2) is 0 Å². The smallest absolute Gasteiger partial charge is 0.297 e. The van der Waals surface area contributed by atoms with E-state index in [9.17, 15) is 18.3 Å². The van der Waals surface area contributed by atoms with Gasteiger partial charge in [-0.3, -0.25) is 8.98 Å². The summed E-state index contributed by atoms with van der Waals surface area (Å²) in [6.45, 7) is 14.2. The zero-order chi connectivity index (χ0) is 26.2. The standard InChI is InChI=1S/C27H35NO5S2/c1-18-8-10-20(11-9-18)35(31,32)33-13-12-28-23(29)17-34-24(28)16-19-14-21(26(2,3)4)25(30)22(15-19)27(5,6)7/h8-11,14-16,30H,12-13,17H2,1-7H3. The second-order valence-electron chi connectivity index (χ2n) is 10.9. The van der Waals surface area contributed by atoms with Crippen LogP contribution in [0.5, 0.6) is 5.75 Å². The van der Waals surface area contributed by atoms with E-state index in [0.717, 1.165) is 27.3 Å². The Morgan fingerprint density at radius 2 is 1.57 bits per heavy atom. The Balaban J connectivity index is 1.85. The normalized spacial score (nSPS) is 16.4. The highest BCUT2D eigenvalue weighted by Gasteiger charge is 2.29. The summed E-state index contributed by atoms with van der Waals surface area (Å²) >= 11 is 1.41. The van der Waals surface area contributed by atoms with Crippen LogP contribution in [0, 0.1) is 6.92 Å². The molecule has 2 aromatic carbocycles. The summed E-state index contributed by atoms with van der Waals surface area (Å²) in [4.78, 5) is 14.2. The molecule has 8 heteroatoms. The lowest BCUT2D eigenvalue weighted by atomic mass is 9.78. The summed E-state index contributed by atoms with van der Waals surface area (Å²) in [6, 6.07) is 10.4. The van der Waals surface area contributed by atoms with Crippen molar-refractivity contribution in [1.82, 2.24) is 4.90 Å². The molecule has 3 rings (SSSR count). The molecule has 1 N–H and O–H groups in total. The van der Waals surface area contributed by atoms with Gasteiger partial charge in [0.2, 0.25) is 5.91 Å². The van der Waals surface area contributed by atoms with Gasteiger partial charge in [0, 0.05) is 11.1 Å². The van der Waals surface area contributed by atoms with Gasteiger partial charge in [-0.1, -0.05) is 71.0 Å². The number of hydrogen-bond acceptors (Lipinski definition) is 6. The summed E-state index contributed by atoms with van der Waals surface area (Å²) in [5, 5.41) is 11.7. The van der Waals surface area contributed by atoms with Crippen molar-refractivity contribution in [2.45, 2.75) is 64.2 Å². The third kappa shape index (κ3) is 6.48. The van der Waals surface area contributed by atoms with Gasteiger partial charge >= 0.3 is 0 Å². The topological polar surface area (TPSA) is 83.9 Å². The second kappa shape index (κ2) is 9.99.